The average molecular weight is 301 g/mol. The molecule has 4 nitrogen and oxygen atoms in total. The monoisotopic (exact) mass is 299 g/mol. The second kappa shape index (κ2) is 8.53. The number of hydrogen-bond donors (Lipinski definition) is 1. The Kier molecular flexibility index (Phi) is 9.43. The highest BCUT2D eigenvalue weighted by Crippen LogP contribution is 2.08. The summed E-state index contributed by atoms with van der Waals surface area (Å²) in [5.41, 5.74) is 5.85. The lowest BCUT2D eigenvalue weighted by Gasteiger charge is -2.23. The van der Waals surface area contributed by atoms with Gasteiger partial charge >= 0.3 is 0 Å². The van der Waals surface area contributed by atoms with Crippen LogP contribution < -0.4 is 5.73 Å². The van der Waals surface area contributed by atoms with Crippen molar-refractivity contribution >= 4 is 42.3 Å². The highest BCUT2D eigenvalue weighted by atomic mass is 35.5. The molecule has 0 fully saturated rings. The minimum Gasteiger partial charge on any atom is -0.336 e. The van der Waals surface area contributed by atoms with Gasteiger partial charge in [0, 0.05) is 25.8 Å². The van der Waals surface area contributed by atoms with E-state index < -0.39 is 0 Å². The van der Waals surface area contributed by atoms with Gasteiger partial charge in [0.2, 0.25) is 0 Å². The number of aromatic nitrogens is 1. The summed E-state index contributed by atoms with van der Waals surface area (Å²) in [7, 11) is 1.70. The number of amides is 1. The Morgan fingerprint density at radius 1 is 1.53 bits per heavy atom. The fourth-order valence-corrected chi connectivity index (χ4v) is 1.15. The summed E-state index contributed by atoms with van der Waals surface area (Å²) in [6, 6.07) is 3.24. The van der Waals surface area contributed by atoms with Crippen LogP contribution in [-0.2, 0) is 0 Å². The number of pyridine rings is 1. The van der Waals surface area contributed by atoms with Gasteiger partial charge in [0.05, 0.1) is 5.02 Å². The predicted molar refractivity (Wildman–Crippen MR) is 74.4 cm³/mol. The molecule has 0 aliphatic carbocycles. The van der Waals surface area contributed by atoms with Gasteiger partial charge < -0.3 is 10.6 Å². The first-order valence-corrected chi connectivity index (χ1v) is 5.03. The van der Waals surface area contributed by atoms with Crippen molar-refractivity contribution in [1.29, 1.82) is 0 Å². The maximum absolute atomic E-state index is 11.8. The van der Waals surface area contributed by atoms with Crippen LogP contribution >= 0.6 is 36.4 Å². The van der Waals surface area contributed by atoms with Gasteiger partial charge in [0.15, 0.2) is 0 Å². The summed E-state index contributed by atoms with van der Waals surface area (Å²) in [5, 5.41) is 0.515. The lowest BCUT2D eigenvalue weighted by molar-refractivity contribution is 0.0742. The van der Waals surface area contributed by atoms with Crippen LogP contribution in [0.2, 0.25) is 5.02 Å². The minimum absolute atomic E-state index is 0. The van der Waals surface area contributed by atoms with E-state index in [0.717, 1.165) is 0 Å². The van der Waals surface area contributed by atoms with Crippen LogP contribution in [0.3, 0.4) is 0 Å². The molecule has 0 saturated heterocycles. The number of hydrogen-bond acceptors (Lipinski definition) is 3. The molecule has 0 saturated carbocycles. The van der Waals surface area contributed by atoms with Gasteiger partial charge in [0.25, 0.3) is 5.91 Å². The molecular formula is C10H16Cl3N3O. The number of rotatable bonds is 3. The molecular weight excluding hydrogens is 284 g/mol. The Bertz CT molecular complexity index is 345. The van der Waals surface area contributed by atoms with E-state index in [1.807, 2.05) is 6.92 Å². The summed E-state index contributed by atoms with van der Waals surface area (Å²) in [4.78, 5) is 17.3. The van der Waals surface area contributed by atoms with Crippen molar-refractivity contribution in [2.75, 3.05) is 13.6 Å². The van der Waals surface area contributed by atoms with Gasteiger partial charge in [-0.25, -0.2) is 4.98 Å². The van der Waals surface area contributed by atoms with Crippen molar-refractivity contribution in [3.05, 3.63) is 29.0 Å². The van der Waals surface area contributed by atoms with Crippen LogP contribution in [0, 0.1) is 0 Å². The van der Waals surface area contributed by atoms with Gasteiger partial charge in [-0.05, 0) is 19.1 Å². The number of carbonyl (C=O) groups excluding carboxylic acids is 1. The molecule has 17 heavy (non-hydrogen) atoms. The largest absolute Gasteiger partial charge is 0.336 e. The molecule has 0 spiro atoms. The molecule has 1 aromatic heterocycles. The van der Waals surface area contributed by atoms with E-state index in [9.17, 15) is 4.79 Å². The number of carbonyl (C=O) groups is 1. The van der Waals surface area contributed by atoms with Gasteiger partial charge in [-0.1, -0.05) is 11.6 Å². The third kappa shape index (κ3) is 5.08. The van der Waals surface area contributed by atoms with E-state index in [1.165, 1.54) is 6.20 Å². The standard InChI is InChI=1S/C10H14ClN3O.2ClH/c1-7(5-12)14(2)10(15)9-4-3-8(11)6-13-9;;/h3-4,6-7H,5,12H2,1-2H3;2*1H. The maximum atomic E-state index is 11.8. The van der Waals surface area contributed by atoms with Crippen molar-refractivity contribution in [3.8, 4) is 0 Å². The molecule has 0 bridgehead atoms. The SMILES string of the molecule is CC(CN)N(C)C(=O)c1ccc(Cl)cn1.Cl.Cl. The topological polar surface area (TPSA) is 59.2 Å². The van der Waals surface area contributed by atoms with Gasteiger partial charge in [0.1, 0.15) is 5.69 Å². The molecule has 0 aliphatic heterocycles. The molecule has 0 radical (unpaired) electrons. The maximum Gasteiger partial charge on any atom is 0.272 e. The molecule has 2 N–H and O–H groups in total. The Labute approximate surface area is 118 Å². The fraction of sp³-hybridized carbons (Fsp3) is 0.400. The lowest BCUT2D eigenvalue weighted by Crippen LogP contribution is -2.40. The molecule has 1 rings (SSSR count). The molecule has 1 heterocycles. The molecule has 1 amide bonds. The van der Waals surface area contributed by atoms with Gasteiger partial charge in [-0.2, -0.15) is 0 Å². The lowest BCUT2D eigenvalue weighted by atomic mass is 10.2. The van der Waals surface area contributed by atoms with Crippen LogP contribution in [0.15, 0.2) is 18.3 Å². The van der Waals surface area contributed by atoms with Crippen LogP contribution in [-0.4, -0.2) is 35.4 Å². The van der Waals surface area contributed by atoms with Crippen molar-refractivity contribution < 1.29 is 4.79 Å². The molecule has 0 aliphatic rings. The van der Waals surface area contributed by atoms with Crippen LogP contribution in [0.1, 0.15) is 17.4 Å². The number of likely N-dealkylation sites (N-methyl/N-ethyl adjacent to an activating group) is 1. The van der Waals surface area contributed by atoms with E-state index in [-0.39, 0.29) is 36.8 Å². The second-order valence-corrected chi connectivity index (χ2v) is 3.80. The number of nitrogens with zero attached hydrogens (tertiary/aromatic N) is 2. The molecule has 1 unspecified atom stereocenters. The predicted octanol–water partition coefficient (Wildman–Crippen LogP) is 2.00. The molecule has 1 atom stereocenters. The Morgan fingerprint density at radius 3 is 2.53 bits per heavy atom. The first-order chi connectivity index (χ1) is 7.06. The quantitative estimate of drug-likeness (QED) is 0.929. The normalized spacial score (nSPS) is 10.8. The Balaban J connectivity index is 0. The Morgan fingerprint density at radius 2 is 2.12 bits per heavy atom. The summed E-state index contributed by atoms with van der Waals surface area (Å²) in [6.07, 6.45) is 1.45. The zero-order chi connectivity index (χ0) is 11.4. The molecule has 1 aromatic rings. The highest BCUT2D eigenvalue weighted by Gasteiger charge is 2.16. The number of halogens is 3. The minimum atomic E-state index is -0.149. The highest BCUT2D eigenvalue weighted by molar-refractivity contribution is 6.30. The number of nitrogens with two attached hydrogens (primary N) is 1. The van der Waals surface area contributed by atoms with E-state index in [2.05, 4.69) is 4.98 Å². The smallest absolute Gasteiger partial charge is 0.272 e. The van der Waals surface area contributed by atoms with Crippen molar-refractivity contribution in [2.24, 2.45) is 5.73 Å². The third-order valence-electron chi connectivity index (χ3n) is 2.27. The molecule has 0 aromatic carbocycles. The summed E-state index contributed by atoms with van der Waals surface area (Å²) in [6.45, 7) is 2.31. The summed E-state index contributed by atoms with van der Waals surface area (Å²) >= 11 is 5.68. The zero-order valence-electron chi connectivity index (χ0n) is 9.59. The average Bonchev–Trinajstić information content (AvgIpc) is 2.27. The first kappa shape index (κ1) is 18.8. The van der Waals surface area contributed by atoms with E-state index in [4.69, 9.17) is 17.3 Å². The Hall–Kier alpha value is -0.550. The third-order valence-corrected chi connectivity index (χ3v) is 2.49. The zero-order valence-corrected chi connectivity index (χ0v) is 12.0. The van der Waals surface area contributed by atoms with Crippen LogP contribution in [0.4, 0.5) is 0 Å². The van der Waals surface area contributed by atoms with Crippen molar-refractivity contribution in [3.63, 3.8) is 0 Å². The first-order valence-electron chi connectivity index (χ1n) is 4.65. The van der Waals surface area contributed by atoms with Crippen LogP contribution in [0.5, 0.6) is 0 Å². The molecule has 7 heteroatoms. The van der Waals surface area contributed by atoms with E-state index in [0.29, 0.717) is 17.3 Å². The summed E-state index contributed by atoms with van der Waals surface area (Å²) < 4.78 is 0. The van der Waals surface area contributed by atoms with Gasteiger partial charge in [-0.15, -0.1) is 24.8 Å². The van der Waals surface area contributed by atoms with Crippen LogP contribution in [0.25, 0.3) is 0 Å². The molecule has 98 valence electrons. The van der Waals surface area contributed by atoms with E-state index >= 15 is 0 Å². The second-order valence-electron chi connectivity index (χ2n) is 3.36. The fourth-order valence-electron chi connectivity index (χ4n) is 1.04. The van der Waals surface area contributed by atoms with Crippen molar-refractivity contribution in [1.82, 2.24) is 9.88 Å². The summed E-state index contributed by atoms with van der Waals surface area (Å²) in [5.74, 6) is -0.149. The van der Waals surface area contributed by atoms with Gasteiger partial charge in [-0.3, -0.25) is 4.79 Å². The van der Waals surface area contributed by atoms with Crippen molar-refractivity contribution in [2.45, 2.75) is 13.0 Å². The van der Waals surface area contributed by atoms with E-state index in [1.54, 1.807) is 24.1 Å².